The van der Waals surface area contributed by atoms with E-state index in [9.17, 15) is 19.5 Å². The molecule has 1 aliphatic rings. The van der Waals surface area contributed by atoms with Crippen molar-refractivity contribution >= 4 is 29.3 Å². The fourth-order valence-electron chi connectivity index (χ4n) is 3.48. The van der Waals surface area contributed by atoms with Gasteiger partial charge in [0.2, 0.25) is 0 Å². The highest BCUT2D eigenvalue weighted by atomic mass is 16.4. The zero-order valence-electron chi connectivity index (χ0n) is 18.4. The number of nitrogens with one attached hydrogen (secondary N) is 3. The van der Waals surface area contributed by atoms with E-state index in [1.165, 1.54) is 0 Å². The topological polar surface area (TPSA) is 108 Å². The summed E-state index contributed by atoms with van der Waals surface area (Å²) in [6.07, 6.45) is 0.907. The van der Waals surface area contributed by atoms with Crippen LogP contribution in [0.5, 0.6) is 0 Å². The van der Waals surface area contributed by atoms with Gasteiger partial charge >= 0.3 is 12.0 Å². The van der Waals surface area contributed by atoms with Crippen LogP contribution in [-0.4, -0.2) is 28.6 Å². The first-order valence-electron chi connectivity index (χ1n) is 10.7. The normalized spacial score (nSPS) is 13.6. The Hall–Kier alpha value is -4.13. The van der Waals surface area contributed by atoms with Crippen molar-refractivity contribution in [1.82, 2.24) is 5.32 Å². The molecule has 0 heterocycles. The molecule has 0 unspecified atom stereocenters. The SMILES string of the molecule is Cc1ccc(NC(=O)Nc2ccc(-c3ccc(C(=O)NC4(C(=O)O)CC4)cc3)cc2)cc1C. The predicted molar refractivity (Wildman–Crippen MR) is 128 cm³/mol. The van der Waals surface area contributed by atoms with Gasteiger partial charge in [-0.1, -0.05) is 30.3 Å². The van der Waals surface area contributed by atoms with E-state index in [0.29, 0.717) is 24.1 Å². The Labute approximate surface area is 191 Å². The quantitative estimate of drug-likeness (QED) is 0.432. The van der Waals surface area contributed by atoms with Gasteiger partial charge in [-0.05, 0) is 85.3 Å². The van der Waals surface area contributed by atoms with Crippen molar-refractivity contribution in [3.8, 4) is 11.1 Å². The first-order chi connectivity index (χ1) is 15.8. The molecule has 0 radical (unpaired) electrons. The molecule has 4 rings (SSSR count). The van der Waals surface area contributed by atoms with Gasteiger partial charge in [0.1, 0.15) is 5.54 Å². The van der Waals surface area contributed by atoms with Crippen LogP contribution in [0.25, 0.3) is 11.1 Å². The maximum atomic E-state index is 12.3. The number of aryl methyl sites for hydroxylation is 2. The maximum Gasteiger partial charge on any atom is 0.329 e. The van der Waals surface area contributed by atoms with Crippen molar-refractivity contribution in [3.63, 3.8) is 0 Å². The first kappa shape index (κ1) is 22.1. The van der Waals surface area contributed by atoms with Crippen molar-refractivity contribution in [2.45, 2.75) is 32.2 Å². The molecule has 4 N–H and O–H groups in total. The van der Waals surface area contributed by atoms with Gasteiger partial charge in [-0.25, -0.2) is 9.59 Å². The van der Waals surface area contributed by atoms with E-state index in [-0.39, 0.29) is 6.03 Å². The van der Waals surface area contributed by atoms with Gasteiger partial charge in [0, 0.05) is 16.9 Å². The van der Waals surface area contributed by atoms with Crippen LogP contribution in [-0.2, 0) is 4.79 Å². The summed E-state index contributed by atoms with van der Waals surface area (Å²) >= 11 is 0. The number of hydrogen-bond acceptors (Lipinski definition) is 3. The van der Waals surface area contributed by atoms with Crippen LogP contribution >= 0.6 is 0 Å². The second-order valence-electron chi connectivity index (χ2n) is 8.37. The lowest BCUT2D eigenvalue weighted by atomic mass is 10.0. The molecule has 3 aromatic carbocycles. The van der Waals surface area contributed by atoms with Crippen LogP contribution in [0, 0.1) is 13.8 Å². The van der Waals surface area contributed by atoms with Crippen molar-refractivity contribution in [1.29, 1.82) is 0 Å². The Morgan fingerprint density at radius 3 is 1.85 bits per heavy atom. The number of urea groups is 1. The number of carboxylic acids is 1. The van der Waals surface area contributed by atoms with Crippen molar-refractivity contribution in [2.24, 2.45) is 0 Å². The number of amides is 3. The average molecular weight is 444 g/mol. The summed E-state index contributed by atoms with van der Waals surface area (Å²) in [6.45, 7) is 4.02. The minimum Gasteiger partial charge on any atom is -0.480 e. The summed E-state index contributed by atoms with van der Waals surface area (Å²) in [5.74, 6) is -1.39. The molecule has 3 aromatic rings. The summed E-state index contributed by atoms with van der Waals surface area (Å²) in [5.41, 5.74) is 4.78. The van der Waals surface area contributed by atoms with Crippen LogP contribution in [0.4, 0.5) is 16.2 Å². The molecule has 1 saturated carbocycles. The van der Waals surface area contributed by atoms with Crippen LogP contribution < -0.4 is 16.0 Å². The number of carbonyl (C=O) groups is 3. The van der Waals surface area contributed by atoms with E-state index >= 15 is 0 Å². The zero-order valence-corrected chi connectivity index (χ0v) is 18.4. The second kappa shape index (κ2) is 8.78. The largest absolute Gasteiger partial charge is 0.480 e. The lowest BCUT2D eigenvalue weighted by Gasteiger charge is -2.13. The number of anilines is 2. The minimum absolute atomic E-state index is 0.323. The number of carbonyl (C=O) groups excluding carboxylic acids is 2. The molecule has 7 heteroatoms. The minimum atomic E-state index is -1.11. The Balaban J connectivity index is 1.36. The standard InChI is InChI=1S/C26H25N3O4/c1-16-3-10-22(15-17(16)2)28-25(33)27-21-11-8-19(9-12-21)18-4-6-20(7-5-18)23(30)29-26(13-14-26)24(31)32/h3-12,15H,13-14H2,1-2H3,(H,29,30)(H,31,32)(H2,27,28,33). The highest BCUT2D eigenvalue weighted by Crippen LogP contribution is 2.35. The smallest absolute Gasteiger partial charge is 0.329 e. The van der Waals surface area contributed by atoms with Gasteiger partial charge in [-0.2, -0.15) is 0 Å². The Morgan fingerprint density at radius 1 is 0.758 bits per heavy atom. The van der Waals surface area contributed by atoms with Crippen LogP contribution in [0.3, 0.4) is 0 Å². The molecule has 0 bridgehead atoms. The molecule has 0 saturated heterocycles. The van der Waals surface area contributed by atoms with E-state index in [1.54, 1.807) is 24.3 Å². The Kier molecular flexibility index (Phi) is 5.87. The van der Waals surface area contributed by atoms with Gasteiger partial charge in [0.15, 0.2) is 0 Å². The molecule has 1 aliphatic carbocycles. The van der Waals surface area contributed by atoms with Gasteiger partial charge < -0.3 is 21.1 Å². The predicted octanol–water partition coefficient (Wildman–Crippen LogP) is 4.96. The molecular weight excluding hydrogens is 418 g/mol. The number of hydrogen-bond donors (Lipinski definition) is 4. The summed E-state index contributed by atoms with van der Waals surface area (Å²) in [5, 5.41) is 17.5. The van der Waals surface area contributed by atoms with E-state index in [4.69, 9.17) is 0 Å². The van der Waals surface area contributed by atoms with Crippen molar-refractivity contribution in [3.05, 3.63) is 83.4 Å². The molecule has 7 nitrogen and oxygen atoms in total. The summed E-state index contributed by atoms with van der Waals surface area (Å²) < 4.78 is 0. The van der Waals surface area contributed by atoms with Crippen molar-refractivity contribution in [2.75, 3.05) is 10.6 Å². The lowest BCUT2D eigenvalue weighted by molar-refractivity contribution is -0.140. The third-order valence-corrected chi connectivity index (χ3v) is 5.90. The second-order valence-corrected chi connectivity index (χ2v) is 8.37. The molecule has 168 valence electrons. The average Bonchev–Trinajstić information content (AvgIpc) is 3.58. The highest BCUT2D eigenvalue weighted by molar-refractivity contribution is 6.00. The first-order valence-corrected chi connectivity index (χ1v) is 10.7. The third-order valence-electron chi connectivity index (χ3n) is 5.90. The summed E-state index contributed by atoms with van der Waals surface area (Å²) in [6, 6.07) is 19.8. The molecule has 0 aliphatic heterocycles. The lowest BCUT2D eigenvalue weighted by Crippen LogP contribution is -2.43. The van der Waals surface area contributed by atoms with Gasteiger partial charge in [0.05, 0.1) is 0 Å². The molecule has 3 amide bonds. The van der Waals surface area contributed by atoms with Gasteiger partial charge in [-0.3, -0.25) is 4.79 Å². The van der Waals surface area contributed by atoms with Crippen LogP contribution in [0.1, 0.15) is 34.3 Å². The fraction of sp³-hybridized carbons (Fsp3) is 0.192. The van der Waals surface area contributed by atoms with Crippen LogP contribution in [0.15, 0.2) is 66.7 Å². The van der Waals surface area contributed by atoms with Crippen LogP contribution in [0.2, 0.25) is 0 Å². The number of carboxylic acid groups (broad SMARTS) is 1. The van der Waals surface area contributed by atoms with E-state index < -0.39 is 17.4 Å². The fourth-order valence-corrected chi connectivity index (χ4v) is 3.48. The zero-order chi connectivity index (χ0) is 23.6. The maximum absolute atomic E-state index is 12.3. The molecule has 1 fully saturated rings. The monoisotopic (exact) mass is 443 g/mol. The molecule has 33 heavy (non-hydrogen) atoms. The van der Waals surface area contributed by atoms with E-state index in [0.717, 1.165) is 27.9 Å². The van der Waals surface area contributed by atoms with E-state index in [1.807, 2.05) is 56.3 Å². The molecule has 0 spiro atoms. The summed E-state index contributed by atoms with van der Waals surface area (Å²) in [4.78, 5) is 35.9. The Bertz CT molecular complexity index is 1210. The molecule has 0 atom stereocenters. The third kappa shape index (κ3) is 5.03. The Morgan fingerprint density at radius 2 is 1.30 bits per heavy atom. The number of aliphatic carboxylic acids is 1. The van der Waals surface area contributed by atoms with Gasteiger partial charge in [-0.15, -0.1) is 0 Å². The number of rotatable bonds is 6. The van der Waals surface area contributed by atoms with Gasteiger partial charge in [0.25, 0.3) is 5.91 Å². The summed E-state index contributed by atoms with van der Waals surface area (Å²) in [7, 11) is 0. The highest BCUT2D eigenvalue weighted by Gasteiger charge is 2.51. The molecule has 0 aromatic heterocycles. The molecular formula is C26H25N3O4. The van der Waals surface area contributed by atoms with E-state index in [2.05, 4.69) is 16.0 Å². The number of benzene rings is 3. The van der Waals surface area contributed by atoms with Crippen molar-refractivity contribution < 1.29 is 19.5 Å².